The van der Waals surface area contributed by atoms with Gasteiger partial charge in [-0.25, -0.2) is 8.42 Å². The Hall–Kier alpha value is -2.62. The second kappa shape index (κ2) is 8.63. The van der Waals surface area contributed by atoms with Crippen molar-refractivity contribution in [3.63, 3.8) is 0 Å². The zero-order valence-corrected chi connectivity index (χ0v) is 18.2. The number of sulfonamides is 1. The molecule has 1 aliphatic rings. The van der Waals surface area contributed by atoms with Gasteiger partial charge in [0.25, 0.3) is 5.91 Å². The predicted molar refractivity (Wildman–Crippen MR) is 117 cm³/mol. The quantitative estimate of drug-likeness (QED) is 0.646. The zero-order chi connectivity index (χ0) is 21.1. The number of piperidine rings is 1. The van der Waals surface area contributed by atoms with E-state index in [1.807, 2.05) is 31.2 Å². The number of hydrogen-bond donors (Lipinski definition) is 1. The molecule has 30 heavy (non-hydrogen) atoms. The molecule has 0 atom stereocenters. The van der Waals surface area contributed by atoms with Crippen molar-refractivity contribution in [1.29, 1.82) is 0 Å². The lowest BCUT2D eigenvalue weighted by Gasteiger charge is -2.25. The number of aromatic nitrogens is 2. The fourth-order valence-corrected chi connectivity index (χ4v) is 5.74. The summed E-state index contributed by atoms with van der Waals surface area (Å²) in [4.78, 5) is 12.8. The third kappa shape index (κ3) is 4.28. The van der Waals surface area contributed by atoms with Crippen LogP contribution in [0.4, 0.5) is 5.13 Å². The normalized spacial score (nSPS) is 15.1. The molecule has 3 aromatic rings. The molecular formula is C21H22N4O3S2. The van der Waals surface area contributed by atoms with Crippen LogP contribution < -0.4 is 5.32 Å². The maximum atomic E-state index is 12.7. The smallest absolute Gasteiger partial charge is 0.257 e. The molecule has 1 aromatic heterocycles. The highest BCUT2D eigenvalue weighted by atomic mass is 32.2. The molecule has 2 heterocycles. The number of hydrogen-bond acceptors (Lipinski definition) is 6. The summed E-state index contributed by atoms with van der Waals surface area (Å²) >= 11 is 1.29. The lowest BCUT2D eigenvalue weighted by atomic mass is 10.1. The van der Waals surface area contributed by atoms with Gasteiger partial charge < -0.3 is 0 Å². The van der Waals surface area contributed by atoms with Crippen molar-refractivity contribution in [2.75, 3.05) is 18.4 Å². The van der Waals surface area contributed by atoms with Crippen LogP contribution in [0.15, 0.2) is 53.4 Å². The molecule has 1 amide bonds. The van der Waals surface area contributed by atoms with Gasteiger partial charge in [-0.2, -0.15) is 4.31 Å². The van der Waals surface area contributed by atoms with Gasteiger partial charge in [0.1, 0.15) is 5.01 Å². The molecule has 7 nitrogen and oxygen atoms in total. The van der Waals surface area contributed by atoms with Crippen molar-refractivity contribution in [2.24, 2.45) is 0 Å². The van der Waals surface area contributed by atoms with Gasteiger partial charge in [0.2, 0.25) is 15.2 Å². The van der Waals surface area contributed by atoms with E-state index in [9.17, 15) is 13.2 Å². The fourth-order valence-electron chi connectivity index (χ4n) is 3.40. The van der Waals surface area contributed by atoms with Crippen molar-refractivity contribution < 1.29 is 13.2 Å². The molecule has 0 radical (unpaired) electrons. The van der Waals surface area contributed by atoms with E-state index < -0.39 is 10.0 Å². The van der Waals surface area contributed by atoms with Gasteiger partial charge in [0.05, 0.1) is 4.90 Å². The average molecular weight is 443 g/mol. The molecule has 1 aliphatic heterocycles. The van der Waals surface area contributed by atoms with Gasteiger partial charge in [-0.3, -0.25) is 10.1 Å². The van der Waals surface area contributed by atoms with Gasteiger partial charge in [0.15, 0.2) is 0 Å². The molecule has 1 fully saturated rings. The third-order valence-corrected chi connectivity index (χ3v) is 7.88. The number of rotatable bonds is 5. The zero-order valence-electron chi connectivity index (χ0n) is 16.5. The van der Waals surface area contributed by atoms with E-state index in [-0.39, 0.29) is 10.8 Å². The van der Waals surface area contributed by atoms with Crippen LogP contribution >= 0.6 is 11.3 Å². The van der Waals surface area contributed by atoms with Crippen LogP contribution in [0, 0.1) is 6.92 Å². The van der Waals surface area contributed by atoms with Crippen LogP contribution in [0.3, 0.4) is 0 Å². The van der Waals surface area contributed by atoms with Crippen LogP contribution in [-0.2, 0) is 10.0 Å². The summed E-state index contributed by atoms with van der Waals surface area (Å²) in [5, 5.41) is 12.1. The first-order valence-corrected chi connectivity index (χ1v) is 12.0. The summed E-state index contributed by atoms with van der Waals surface area (Å²) in [7, 11) is -3.51. The van der Waals surface area contributed by atoms with E-state index in [0.29, 0.717) is 23.8 Å². The largest absolute Gasteiger partial charge is 0.296 e. The SMILES string of the molecule is Cc1ccccc1-c1nnc(NC(=O)c2ccc(S(=O)(=O)N3CCCCC3)cc2)s1. The summed E-state index contributed by atoms with van der Waals surface area (Å²) in [6, 6.07) is 13.9. The molecule has 0 aliphatic carbocycles. The molecule has 4 rings (SSSR count). The van der Waals surface area contributed by atoms with E-state index in [0.717, 1.165) is 35.4 Å². The minimum atomic E-state index is -3.51. The third-order valence-electron chi connectivity index (χ3n) is 5.09. The minimum Gasteiger partial charge on any atom is -0.296 e. The van der Waals surface area contributed by atoms with E-state index in [1.54, 1.807) is 0 Å². The lowest BCUT2D eigenvalue weighted by Crippen LogP contribution is -2.35. The van der Waals surface area contributed by atoms with E-state index in [2.05, 4.69) is 15.5 Å². The van der Waals surface area contributed by atoms with E-state index in [1.165, 1.54) is 39.9 Å². The summed E-state index contributed by atoms with van der Waals surface area (Å²) in [5.74, 6) is -0.357. The number of aryl methyl sites for hydroxylation is 1. The summed E-state index contributed by atoms with van der Waals surface area (Å²) < 4.78 is 27.0. The molecule has 0 spiro atoms. The molecular weight excluding hydrogens is 420 g/mol. The standard InChI is InChI=1S/C21H22N4O3S2/c1-15-7-3-4-8-18(15)20-23-24-21(29-20)22-19(26)16-9-11-17(12-10-16)30(27,28)25-13-5-2-6-14-25/h3-4,7-12H,2,5-6,13-14H2,1H3,(H,22,24,26). The van der Waals surface area contributed by atoms with Crippen LogP contribution in [0.2, 0.25) is 0 Å². The number of nitrogens with zero attached hydrogens (tertiary/aromatic N) is 3. The Bertz CT molecular complexity index is 1150. The topological polar surface area (TPSA) is 92.3 Å². The van der Waals surface area contributed by atoms with Crippen molar-refractivity contribution in [3.8, 4) is 10.6 Å². The highest BCUT2D eigenvalue weighted by Gasteiger charge is 2.26. The number of carbonyl (C=O) groups is 1. The Balaban J connectivity index is 1.46. The second-order valence-electron chi connectivity index (χ2n) is 7.17. The fraction of sp³-hybridized carbons (Fsp3) is 0.286. The summed E-state index contributed by atoms with van der Waals surface area (Å²) in [6.45, 7) is 3.09. The van der Waals surface area contributed by atoms with Gasteiger partial charge in [0, 0.05) is 24.2 Å². The Labute approximate surface area is 179 Å². The van der Waals surface area contributed by atoms with Gasteiger partial charge in [-0.05, 0) is 49.6 Å². The molecule has 2 aromatic carbocycles. The first-order chi connectivity index (χ1) is 14.4. The molecule has 156 valence electrons. The molecule has 9 heteroatoms. The van der Waals surface area contributed by atoms with Gasteiger partial charge in [-0.15, -0.1) is 10.2 Å². The van der Waals surface area contributed by atoms with E-state index >= 15 is 0 Å². The average Bonchev–Trinajstić information content (AvgIpc) is 3.23. The molecule has 1 N–H and O–H groups in total. The van der Waals surface area contributed by atoms with Gasteiger partial charge >= 0.3 is 0 Å². The molecule has 0 bridgehead atoms. The maximum Gasteiger partial charge on any atom is 0.257 e. The number of anilines is 1. The Morgan fingerprint density at radius 2 is 1.70 bits per heavy atom. The van der Waals surface area contributed by atoms with E-state index in [4.69, 9.17) is 0 Å². The van der Waals surface area contributed by atoms with Crippen LogP contribution in [0.5, 0.6) is 0 Å². The molecule has 1 saturated heterocycles. The second-order valence-corrected chi connectivity index (χ2v) is 10.1. The minimum absolute atomic E-state index is 0.207. The van der Waals surface area contributed by atoms with Crippen molar-refractivity contribution >= 4 is 32.4 Å². The number of carbonyl (C=O) groups excluding carboxylic acids is 1. The molecule has 0 unspecified atom stereocenters. The highest BCUT2D eigenvalue weighted by molar-refractivity contribution is 7.89. The first kappa shape index (κ1) is 20.6. The summed E-state index contributed by atoms with van der Waals surface area (Å²) in [6.07, 6.45) is 2.82. The highest BCUT2D eigenvalue weighted by Crippen LogP contribution is 2.29. The molecule has 0 saturated carbocycles. The van der Waals surface area contributed by atoms with Crippen LogP contribution in [-0.4, -0.2) is 41.9 Å². The van der Waals surface area contributed by atoms with Crippen molar-refractivity contribution in [3.05, 3.63) is 59.7 Å². The van der Waals surface area contributed by atoms with Gasteiger partial charge in [-0.1, -0.05) is 42.0 Å². The Morgan fingerprint density at radius 3 is 2.40 bits per heavy atom. The van der Waals surface area contributed by atoms with Crippen LogP contribution in [0.25, 0.3) is 10.6 Å². The number of benzene rings is 2. The maximum absolute atomic E-state index is 12.7. The lowest BCUT2D eigenvalue weighted by molar-refractivity contribution is 0.102. The van der Waals surface area contributed by atoms with Crippen molar-refractivity contribution in [2.45, 2.75) is 31.1 Å². The van der Waals surface area contributed by atoms with Crippen molar-refractivity contribution in [1.82, 2.24) is 14.5 Å². The first-order valence-electron chi connectivity index (χ1n) is 9.76. The van der Waals surface area contributed by atoms with Crippen LogP contribution in [0.1, 0.15) is 35.2 Å². The number of amides is 1. The Kier molecular flexibility index (Phi) is 5.94. The predicted octanol–water partition coefficient (Wildman–Crippen LogP) is 3.94. The monoisotopic (exact) mass is 442 g/mol. The summed E-state index contributed by atoms with van der Waals surface area (Å²) in [5.41, 5.74) is 2.42. The Morgan fingerprint density at radius 1 is 1.00 bits per heavy atom. The number of nitrogens with one attached hydrogen (secondary N) is 1.